The summed E-state index contributed by atoms with van der Waals surface area (Å²) < 4.78 is 12.6. The number of aryl methyl sites for hydroxylation is 1. The van der Waals surface area contributed by atoms with Crippen LogP contribution in [0.5, 0.6) is 17.2 Å². The highest BCUT2D eigenvalue weighted by molar-refractivity contribution is 6.02. The number of hydrogen-bond acceptors (Lipinski definition) is 6. The molecule has 5 rings (SSSR count). The smallest absolute Gasteiger partial charge is 0.258 e. The second-order valence-corrected chi connectivity index (χ2v) is 12.3. The lowest BCUT2D eigenvalue weighted by Gasteiger charge is -2.38. The number of amides is 2. The molecule has 8 heteroatoms. The Morgan fingerprint density at radius 3 is 2.35 bits per heavy atom. The molecule has 0 saturated heterocycles. The topological polar surface area (TPSA) is 91.3 Å². The number of ether oxygens (including phenoxy) is 2. The van der Waals surface area contributed by atoms with E-state index in [4.69, 9.17) is 9.47 Å². The molecular weight excluding hydrogens is 578 g/mol. The molecule has 2 N–H and O–H groups in total. The Morgan fingerprint density at radius 2 is 1.65 bits per heavy atom. The first-order valence-corrected chi connectivity index (χ1v) is 15.8. The maximum atomic E-state index is 13.8. The Bertz CT molecular complexity index is 1610. The molecule has 4 aromatic rings. The van der Waals surface area contributed by atoms with E-state index < -0.39 is 0 Å². The van der Waals surface area contributed by atoms with Gasteiger partial charge in [-0.05, 0) is 68.4 Å². The number of nitrogens with zero attached hydrogens (tertiary/aromatic N) is 2. The molecule has 1 aliphatic heterocycles. The van der Waals surface area contributed by atoms with Gasteiger partial charge in [0.1, 0.15) is 17.6 Å². The van der Waals surface area contributed by atoms with Gasteiger partial charge < -0.3 is 24.8 Å². The summed E-state index contributed by atoms with van der Waals surface area (Å²) in [6, 6.07) is 30.4. The number of aliphatic hydroxyl groups excluding tert-OH is 1. The van der Waals surface area contributed by atoms with Crippen molar-refractivity contribution in [3.05, 3.63) is 119 Å². The fraction of sp³-hybridized carbons (Fsp3) is 0.316. The van der Waals surface area contributed by atoms with E-state index in [0.29, 0.717) is 36.6 Å². The highest BCUT2D eigenvalue weighted by Crippen LogP contribution is 2.35. The van der Waals surface area contributed by atoms with Gasteiger partial charge in [-0.2, -0.15) is 0 Å². The standard InChI is InChI=1S/C38H43N3O5/c1-26-13-15-29(16-14-26)21-36(43)39-34-12-8-11-33-37(34)46-35(27(2)22-41(38(33)44)28(3)25-42)24-40(4)23-30-17-19-32(20-18-30)45-31-9-6-5-7-10-31/h5-20,27-28,35,42H,21-25H2,1-4H3,(H,39,43)/t27-,28+,35-/m1/s1. The van der Waals surface area contributed by atoms with Crippen LogP contribution >= 0.6 is 0 Å². The number of nitrogens with one attached hydrogen (secondary N) is 1. The Kier molecular flexibility index (Phi) is 10.7. The van der Waals surface area contributed by atoms with Crippen molar-refractivity contribution in [3.8, 4) is 17.2 Å². The van der Waals surface area contributed by atoms with E-state index in [0.717, 1.165) is 28.2 Å². The summed E-state index contributed by atoms with van der Waals surface area (Å²) in [6.45, 7) is 7.42. The minimum atomic E-state index is -0.379. The number of benzene rings is 4. The molecule has 0 bridgehead atoms. The number of carbonyl (C=O) groups excluding carboxylic acids is 2. The van der Waals surface area contributed by atoms with Gasteiger partial charge in [0.25, 0.3) is 5.91 Å². The van der Waals surface area contributed by atoms with Gasteiger partial charge in [0.15, 0.2) is 5.75 Å². The van der Waals surface area contributed by atoms with Crippen molar-refractivity contribution >= 4 is 17.5 Å². The van der Waals surface area contributed by atoms with Gasteiger partial charge in [-0.25, -0.2) is 0 Å². The first-order chi connectivity index (χ1) is 22.2. The van der Waals surface area contributed by atoms with E-state index in [1.54, 1.807) is 23.1 Å². The summed E-state index contributed by atoms with van der Waals surface area (Å²) in [4.78, 5) is 30.9. The summed E-state index contributed by atoms with van der Waals surface area (Å²) in [5.74, 6) is 1.42. The number of fused-ring (bicyclic) bond motifs is 1. The molecule has 4 aromatic carbocycles. The number of hydrogen-bond donors (Lipinski definition) is 2. The van der Waals surface area contributed by atoms with E-state index in [9.17, 15) is 14.7 Å². The molecule has 0 aliphatic carbocycles. The van der Waals surface area contributed by atoms with Gasteiger partial charge in [0.2, 0.25) is 5.91 Å². The van der Waals surface area contributed by atoms with E-state index in [1.165, 1.54) is 0 Å². The van der Waals surface area contributed by atoms with Crippen LogP contribution in [0.1, 0.15) is 40.9 Å². The molecule has 3 atom stereocenters. The zero-order valence-corrected chi connectivity index (χ0v) is 27.0. The second kappa shape index (κ2) is 15.1. The summed E-state index contributed by atoms with van der Waals surface area (Å²) in [6.07, 6.45) is -0.107. The van der Waals surface area contributed by atoms with Gasteiger partial charge in [-0.15, -0.1) is 0 Å². The van der Waals surface area contributed by atoms with Gasteiger partial charge in [-0.1, -0.05) is 73.2 Å². The predicted octanol–water partition coefficient (Wildman–Crippen LogP) is 6.32. The Labute approximate surface area is 271 Å². The molecule has 0 radical (unpaired) electrons. The second-order valence-electron chi connectivity index (χ2n) is 12.3. The van der Waals surface area contributed by atoms with Crippen molar-refractivity contribution in [1.82, 2.24) is 9.80 Å². The van der Waals surface area contributed by atoms with Crippen LogP contribution in [-0.4, -0.2) is 65.6 Å². The molecular formula is C38H43N3O5. The van der Waals surface area contributed by atoms with Gasteiger partial charge in [-0.3, -0.25) is 14.5 Å². The van der Waals surface area contributed by atoms with Crippen molar-refractivity contribution in [2.24, 2.45) is 5.92 Å². The first kappa shape index (κ1) is 32.7. The van der Waals surface area contributed by atoms with Crippen LogP contribution in [0.4, 0.5) is 5.69 Å². The maximum absolute atomic E-state index is 13.8. The van der Waals surface area contributed by atoms with Crippen LogP contribution in [0.25, 0.3) is 0 Å². The van der Waals surface area contributed by atoms with Crippen LogP contribution in [0.2, 0.25) is 0 Å². The molecule has 0 spiro atoms. The normalized spacial score (nSPS) is 17.0. The predicted molar refractivity (Wildman–Crippen MR) is 180 cm³/mol. The lowest BCUT2D eigenvalue weighted by Crippen LogP contribution is -2.49. The molecule has 0 unspecified atom stereocenters. The minimum Gasteiger partial charge on any atom is -0.486 e. The van der Waals surface area contributed by atoms with E-state index in [-0.39, 0.29) is 42.9 Å². The van der Waals surface area contributed by atoms with Crippen molar-refractivity contribution in [1.29, 1.82) is 0 Å². The molecule has 0 saturated carbocycles. The minimum absolute atomic E-state index is 0.0634. The molecule has 240 valence electrons. The zero-order valence-electron chi connectivity index (χ0n) is 27.0. The molecule has 0 fully saturated rings. The number of likely N-dealkylation sites (N-methyl/N-ethyl adjacent to an activating group) is 1. The monoisotopic (exact) mass is 621 g/mol. The summed E-state index contributed by atoms with van der Waals surface area (Å²) >= 11 is 0. The molecule has 46 heavy (non-hydrogen) atoms. The van der Waals surface area contributed by atoms with Crippen LogP contribution in [0, 0.1) is 12.8 Å². The third kappa shape index (κ3) is 8.33. The van der Waals surface area contributed by atoms with Crippen molar-refractivity contribution < 1.29 is 24.2 Å². The number of carbonyl (C=O) groups is 2. The number of aliphatic hydroxyl groups is 1. The fourth-order valence-electron chi connectivity index (χ4n) is 5.62. The molecule has 2 amide bonds. The van der Waals surface area contributed by atoms with Gasteiger partial charge >= 0.3 is 0 Å². The summed E-state index contributed by atoms with van der Waals surface area (Å²) in [5.41, 5.74) is 3.96. The van der Waals surface area contributed by atoms with E-state index >= 15 is 0 Å². The third-order valence-corrected chi connectivity index (χ3v) is 8.30. The molecule has 1 aliphatic rings. The van der Waals surface area contributed by atoms with Crippen molar-refractivity contribution in [2.45, 2.75) is 45.9 Å². The van der Waals surface area contributed by atoms with Gasteiger partial charge in [0.05, 0.1) is 30.3 Å². The maximum Gasteiger partial charge on any atom is 0.258 e. The van der Waals surface area contributed by atoms with Crippen molar-refractivity contribution in [2.75, 3.05) is 32.1 Å². The lowest BCUT2D eigenvalue weighted by atomic mass is 9.98. The average Bonchev–Trinajstić information content (AvgIpc) is 3.05. The van der Waals surface area contributed by atoms with Crippen LogP contribution in [-0.2, 0) is 17.8 Å². The number of anilines is 1. The van der Waals surface area contributed by atoms with Crippen molar-refractivity contribution in [3.63, 3.8) is 0 Å². The lowest BCUT2D eigenvalue weighted by molar-refractivity contribution is -0.115. The Hall–Kier alpha value is -4.66. The van der Waals surface area contributed by atoms with Crippen LogP contribution in [0.3, 0.4) is 0 Å². The quantitative estimate of drug-likeness (QED) is 0.204. The fourth-order valence-corrected chi connectivity index (χ4v) is 5.62. The summed E-state index contributed by atoms with van der Waals surface area (Å²) in [7, 11) is 2.04. The first-order valence-electron chi connectivity index (χ1n) is 15.8. The molecule has 0 aromatic heterocycles. The Balaban J connectivity index is 1.34. The Morgan fingerprint density at radius 1 is 0.978 bits per heavy atom. The highest BCUT2D eigenvalue weighted by atomic mass is 16.5. The van der Waals surface area contributed by atoms with Crippen LogP contribution in [0.15, 0.2) is 97.1 Å². The van der Waals surface area contributed by atoms with E-state index in [2.05, 4.69) is 29.3 Å². The largest absolute Gasteiger partial charge is 0.486 e. The number of rotatable bonds is 11. The number of para-hydroxylation sites is 2. The SMILES string of the molecule is Cc1ccc(CC(=O)Nc2cccc3c2O[C@H](CN(C)Cc2ccc(Oc4ccccc4)cc2)[C@H](C)CN([C@@H](C)CO)C3=O)cc1. The van der Waals surface area contributed by atoms with Gasteiger partial charge in [0, 0.05) is 25.6 Å². The molecule has 8 nitrogen and oxygen atoms in total. The average molecular weight is 622 g/mol. The van der Waals surface area contributed by atoms with E-state index in [1.807, 2.05) is 87.6 Å². The summed E-state index contributed by atoms with van der Waals surface area (Å²) in [5, 5.41) is 13.0. The molecule has 1 heterocycles. The zero-order chi connectivity index (χ0) is 32.6. The van der Waals surface area contributed by atoms with Crippen LogP contribution < -0.4 is 14.8 Å². The third-order valence-electron chi connectivity index (χ3n) is 8.30. The highest BCUT2D eigenvalue weighted by Gasteiger charge is 2.34.